The highest BCUT2D eigenvalue weighted by Gasteiger charge is 2.07. The molecule has 0 N–H and O–H groups in total. The number of aryl methyl sites for hydroxylation is 2. The highest BCUT2D eigenvalue weighted by Crippen LogP contribution is 2.27. The molecule has 0 amide bonds. The molecule has 0 aliphatic rings. The van der Waals surface area contributed by atoms with E-state index < -0.39 is 0 Å². The Morgan fingerprint density at radius 2 is 1.53 bits per heavy atom. The number of ether oxygens (including phenoxy) is 1. The van der Waals surface area contributed by atoms with Crippen molar-refractivity contribution in [2.45, 2.75) is 20.3 Å². The van der Waals surface area contributed by atoms with Crippen LogP contribution >= 0.6 is 23.2 Å². The van der Waals surface area contributed by atoms with E-state index in [1.807, 2.05) is 18.2 Å². The number of rotatable bonds is 3. The zero-order valence-corrected chi connectivity index (χ0v) is 12.8. The van der Waals surface area contributed by atoms with Gasteiger partial charge in [0.1, 0.15) is 5.75 Å². The Morgan fingerprint density at radius 3 is 2.05 bits per heavy atom. The van der Waals surface area contributed by atoms with Crippen LogP contribution in [0.25, 0.3) is 0 Å². The first-order valence-corrected chi connectivity index (χ1v) is 6.85. The van der Waals surface area contributed by atoms with Gasteiger partial charge in [-0.25, -0.2) is 0 Å². The molecule has 0 atom stereocenters. The number of hydrogen-bond acceptors (Lipinski definition) is 1. The van der Waals surface area contributed by atoms with Gasteiger partial charge in [-0.05, 0) is 54.7 Å². The fraction of sp³-hybridized carbons (Fsp3) is 0.250. The van der Waals surface area contributed by atoms with Crippen LogP contribution in [-0.4, -0.2) is 7.11 Å². The van der Waals surface area contributed by atoms with Crippen LogP contribution in [-0.2, 0) is 6.42 Å². The van der Waals surface area contributed by atoms with Gasteiger partial charge in [-0.1, -0.05) is 41.4 Å². The first kappa shape index (κ1) is 14.2. The summed E-state index contributed by atoms with van der Waals surface area (Å²) in [7, 11) is 1.70. The van der Waals surface area contributed by atoms with Crippen molar-refractivity contribution >= 4 is 23.2 Å². The maximum Gasteiger partial charge on any atom is 0.124 e. The van der Waals surface area contributed by atoms with Gasteiger partial charge in [0, 0.05) is 0 Å². The van der Waals surface area contributed by atoms with Crippen LogP contribution < -0.4 is 4.74 Å². The fourth-order valence-electron chi connectivity index (χ4n) is 2.35. The predicted molar refractivity (Wildman–Crippen MR) is 81.7 cm³/mol. The molecule has 0 saturated carbocycles. The SMILES string of the molecule is COc1c(C)cc(Cc2ccc(Cl)c(Cl)c2)cc1C. The lowest BCUT2D eigenvalue weighted by atomic mass is 10.00. The second-order valence-corrected chi connectivity index (χ2v) is 5.50. The van der Waals surface area contributed by atoms with Crippen molar-refractivity contribution < 1.29 is 4.74 Å². The summed E-state index contributed by atoms with van der Waals surface area (Å²) in [6, 6.07) is 10.0. The van der Waals surface area contributed by atoms with Gasteiger partial charge < -0.3 is 4.74 Å². The first-order valence-electron chi connectivity index (χ1n) is 6.09. The molecule has 0 aliphatic carbocycles. The van der Waals surface area contributed by atoms with Crippen LogP contribution in [0.1, 0.15) is 22.3 Å². The van der Waals surface area contributed by atoms with E-state index in [4.69, 9.17) is 27.9 Å². The van der Waals surface area contributed by atoms with Crippen LogP contribution in [0, 0.1) is 13.8 Å². The zero-order chi connectivity index (χ0) is 14.0. The molecule has 0 aromatic heterocycles. The van der Waals surface area contributed by atoms with Crippen molar-refractivity contribution in [1.82, 2.24) is 0 Å². The van der Waals surface area contributed by atoms with Crippen LogP contribution in [0.3, 0.4) is 0 Å². The quantitative estimate of drug-likeness (QED) is 0.755. The minimum atomic E-state index is 0.590. The Hall–Kier alpha value is -1.18. The Kier molecular flexibility index (Phi) is 4.38. The van der Waals surface area contributed by atoms with E-state index >= 15 is 0 Å². The van der Waals surface area contributed by atoms with Crippen molar-refractivity contribution in [3.8, 4) is 5.75 Å². The monoisotopic (exact) mass is 294 g/mol. The molecule has 0 unspecified atom stereocenters. The van der Waals surface area contributed by atoms with Gasteiger partial charge in [0.25, 0.3) is 0 Å². The first-order chi connectivity index (χ1) is 9.01. The van der Waals surface area contributed by atoms with E-state index in [2.05, 4.69) is 26.0 Å². The van der Waals surface area contributed by atoms with Gasteiger partial charge in [-0.15, -0.1) is 0 Å². The topological polar surface area (TPSA) is 9.23 Å². The van der Waals surface area contributed by atoms with E-state index in [0.717, 1.165) is 28.9 Å². The molecule has 0 fully saturated rings. The molecule has 0 spiro atoms. The highest BCUT2D eigenvalue weighted by atomic mass is 35.5. The average molecular weight is 295 g/mol. The van der Waals surface area contributed by atoms with Crippen molar-refractivity contribution in [3.63, 3.8) is 0 Å². The van der Waals surface area contributed by atoms with Crippen molar-refractivity contribution in [3.05, 3.63) is 62.6 Å². The third-order valence-corrected chi connectivity index (χ3v) is 3.86. The van der Waals surface area contributed by atoms with E-state index in [-0.39, 0.29) is 0 Å². The summed E-state index contributed by atoms with van der Waals surface area (Å²) in [5.41, 5.74) is 4.70. The van der Waals surface area contributed by atoms with Crippen molar-refractivity contribution in [2.24, 2.45) is 0 Å². The predicted octanol–water partition coefficient (Wildman–Crippen LogP) is 5.21. The lowest BCUT2D eigenvalue weighted by molar-refractivity contribution is 0.408. The van der Waals surface area contributed by atoms with Gasteiger partial charge in [0.15, 0.2) is 0 Å². The summed E-state index contributed by atoms with van der Waals surface area (Å²) in [4.78, 5) is 0. The van der Waals surface area contributed by atoms with Crippen molar-refractivity contribution in [1.29, 1.82) is 0 Å². The van der Waals surface area contributed by atoms with Gasteiger partial charge in [-0.2, -0.15) is 0 Å². The molecule has 2 aromatic rings. The molecule has 0 heterocycles. The molecule has 100 valence electrons. The minimum Gasteiger partial charge on any atom is -0.496 e. The lowest BCUT2D eigenvalue weighted by Gasteiger charge is -2.11. The van der Waals surface area contributed by atoms with Gasteiger partial charge >= 0.3 is 0 Å². The summed E-state index contributed by atoms with van der Waals surface area (Å²) < 4.78 is 5.38. The third kappa shape index (κ3) is 3.23. The fourth-order valence-corrected chi connectivity index (χ4v) is 2.67. The molecule has 19 heavy (non-hydrogen) atoms. The van der Waals surface area contributed by atoms with E-state index in [1.54, 1.807) is 7.11 Å². The summed E-state index contributed by atoms with van der Waals surface area (Å²) in [6.07, 6.45) is 0.836. The second-order valence-electron chi connectivity index (χ2n) is 4.69. The highest BCUT2D eigenvalue weighted by molar-refractivity contribution is 6.42. The number of methoxy groups -OCH3 is 1. The lowest BCUT2D eigenvalue weighted by Crippen LogP contribution is -1.95. The summed E-state index contributed by atoms with van der Waals surface area (Å²) in [5.74, 6) is 0.956. The molecule has 3 heteroatoms. The summed E-state index contributed by atoms with van der Waals surface area (Å²) >= 11 is 12.0. The Morgan fingerprint density at radius 1 is 0.895 bits per heavy atom. The Bertz CT molecular complexity index is 583. The minimum absolute atomic E-state index is 0.590. The molecule has 0 aliphatic heterocycles. The normalized spacial score (nSPS) is 10.6. The standard InChI is InChI=1S/C16H16Cl2O/c1-10-6-13(7-11(2)16(10)19-3)8-12-4-5-14(17)15(18)9-12/h4-7,9H,8H2,1-3H3. The van der Waals surface area contributed by atoms with Crippen LogP contribution in [0.2, 0.25) is 10.0 Å². The molecule has 0 radical (unpaired) electrons. The Labute approximate surface area is 124 Å². The second kappa shape index (κ2) is 5.85. The van der Waals surface area contributed by atoms with Crippen molar-refractivity contribution in [2.75, 3.05) is 7.11 Å². The maximum absolute atomic E-state index is 6.04. The molecule has 2 aromatic carbocycles. The molecule has 2 rings (SSSR count). The van der Waals surface area contributed by atoms with E-state index in [0.29, 0.717) is 10.0 Å². The van der Waals surface area contributed by atoms with E-state index in [9.17, 15) is 0 Å². The van der Waals surface area contributed by atoms with Gasteiger partial charge in [0.2, 0.25) is 0 Å². The van der Waals surface area contributed by atoms with Crippen LogP contribution in [0.5, 0.6) is 5.75 Å². The molecular formula is C16H16Cl2O. The van der Waals surface area contributed by atoms with Gasteiger partial charge in [-0.3, -0.25) is 0 Å². The molecule has 0 bridgehead atoms. The average Bonchev–Trinajstić information content (AvgIpc) is 2.33. The smallest absolute Gasteiger partial charge is 0.124 e. The number of hydrogen-bond donors (Lipinski definition) is 0. The summed E-state index contributed by atoms with van der Waals surface area (Å²) in [6.45, 7) is 4.12. The van der Waals surface area contributed by atoms with Gasteiger partial charge in [0.05, 0.1) is 17.2 Å². The van der Waals surface area contributed by atoms with E-state index in [1.165, 1.54) is 5.56 Å². The number of benzene rings is 2. The van der Waals surface area contributed by atoms with Crippen LogP contribution in [0.15, 0.2) is 30.3 Å². The largest absolute Gasteiger partial charge is 0.496 e. The third-order valence-electron chi connectivity index (χ3n) is 3.12. The number of halogens is 2. The molecule has 1 nitrogen and oxygen atoms in total. The summed E-state index contributed by atoms with van der Waals surface area (Å²) in [5, 5.41) is 1.19. The van der Waals surface area contributed by atoms with Crippen LogP contribution in [0.4, 0.5) is 0 Å². The molecule has 0 saturated heterocycles. The molecular weight excluding hydrogens is 279 g/mol. The Balaban J connectivity index is 2.31. The maximum atomic E-state index is 6.04. The zero-order valence-electron chi connectivity index (χ0n) is 11.3.